The number of aryl methyl sites for hydroxylation is 2. The largest absolute Gasteiger partial charge is 0.323 e. The van der Waals surface area contributed by atoms with E-state index in [0.717, 1.165) is 11.4 Å². The molecule has 6 nitrogen and oxygen atoms in total. The second-order valence-electron chi connectivity index (χ2n) is 5.43. The monoisotopic (exact) mass is 325 g/mol. The Balaban J connectivity index is 1.69. The third-order valence-electron chi connectivity index (χ3n) is 3.43. The van der Waals surface area contributed by atoms with Gasteiger partial charge in [0.05, 0.1) is 30.2 Å². The summed E-state index contributed by atoms with van der Waals surface area (Å²) in [5, 5.41) is 6.96. The molecule has 0 unspecified atom stereocenters. The molecule has 24 heavy (non-hydrogen) atoms. The fraction of sp³-hybridized carbons (Fsp3) is 0.176. The number of amides is 1. The van der Waals surface area contributed by atoms with Gasteiger partial charge in [-0.3, -0.25) is 4.79 Å². The van der Waals surface area contributed by atoms with Gasteiger partial charge in [-0.25, -0.2) is 19.0 Å². The lowest BCUT2D eigenvalue weighted by Gasteiger charge is -2.07. The lowest BCUT2D eigenvalue weighted by molar-refractivity contribution is -0.115. The van der Waals surface area contributed by atoms with Crippen molar-refractivity contribution >= 4 is 11.6 Å². The number of benzene rings is 1. The van der Waals surface area contributed by atoms with Crippen LogP contribution in [0.15, 0.2) is 42.7 Å². The van der Waals surface area contributed by atoms with Crippen LogP contribution in [0.1, 0.15) is 17.0 Å². The zero-order valence-corrected chi connectivity index (χ0v) is 13.3. The number of hydrogen-bond acceptors (Lipinski definition) is 4. The molecule has 1 amide bonds. The maximum Gasteiger partial charge on any atom is 0.250 e. The van der Waals surface area contributed by atoms with E-state index in [2.05, 4.69) is 20.4 Å². The smallest absolute Gasteiger partial charge is 0.250 e. The molecule has 0 bridgehead atoms. The molecule has 0 fully saturated rings. The first-order valence-corrected chi connectivity index (χ1v) is 7.42. The number of anilines is 1. The molecule has 0 aliphatic heterocycles. The fourth-order valence-electron chi connectivity index (χ4n) is 2.35. The van der Waals surface area contributed by atoms with Crippen molar-refractivity contribution in [2.45, 2.75) is 20.3 Å². The highest BCUT2D eigenvalue weighted by molar-refractivity contribution is 5.91. The van der Waals surface area contributed by atoms with Gasteiger partial charge in [-0.15, -0.1) is 0 Å². The third kappa shape index (κ3) is 3.45. The normalized spacial score (nSPS) is 10.6. The first-order valence-electron chi connectivity index (χ1n) is 7.42. The van der Waals surface area contributed by atoms with Crippen molar-refractivity contribution in [3.05, 3.63) is 65.5 Å². The maximum absolute atomic E-state index is 13.6. The lowest BCUT2D eigenvalue weighted by atomic mass is 10.1. The summed E-state index contributed by atoms with van der Waals surface area (Å²) in [7, 11) is 0. The molecule has 0 atom stereocenters. The van der Waals surface area contributed by atoms with Crippen molar-refractivity contribution in [1.29, 1.82) is 0 Å². The highest BCUT2D eigenvalue weighted by Gasteiger charge is 2.10. The average Bonchev–Trinajstić information content (AvgIpc) is 2.89. The van der Waals surface area contributed by atoms with Crippen molar-refractivity contribution in [1.82, 2.24) is 19.7 Å². The van der Waals surface area contributed by atoms with Crippen molar-refractivity contribution in [3.8, 4) is 5.95 Å². The molecule has 0 aliphatic rings. The summed E-state index contributed by atoms with van der Waals surface area (Å²) < 4.78 is 15.2. The Bertz CT molecular complexity index is 873. The molecule has 0 spiro atoms. The number of carbonyl (C=O) groups is 1. The lowest BCUT2D eigenvalue weighted by Crippen LogP contribution is -2.16. The summed E-state index contributed by atoms with van der Waals surface area (Å²) in [6.07, 6.45) is 2.95. The van der Waals surface area contributed by atoms with Gasteiger partial charge >= 0.3 is 0 Å². The molecule has 3 aromatic rings. The quantitative estimate of drug-likeness (QED) is 0.800. The SMILES string of the molecule is Cc1cc(C)n(-c2ncc(NC(=O)Cc3ccccc3F)cn2)n1. The molecule has 0 saturated carbocycles. The van der Waals surface area contributed by atoms with Crippen molar-refractivity contribution in [2.24, 2.45) is 0 Å². The predicted molar refractivity (Wildman–Crippen MR) is 87.4 cm³/mol. The van der Waals surface area contributed by atoms with E-state index in [1.807, 2.05) is 19.9 Å². The van der Waals surface area contributed by atoms with Gasteiger partial charge in [-0.2, -0.15) is 5.10 Å². The van der Waals surface area contributed by atoms with E-state index in [4.69, 9.17) is 0 Å². The topological polar surface area (TPSA) is 72.7 Å². The van der Waals surface area contributed by atoms with Gasteiger partial charge in [-0.05, 0) is 31.5 Å². The first kappa shape index (κ1) is 15.8. The summed E-state index contributed by atoms with van der Waals surface area (Å²) in [6, 6.07) is 8.11. The van der Waals surface area contributed by atoms with E-state index in [0.29, 0.717) is 17.2 Å². The number of hydrogen-bond donors (Lipinski definition) is 1. The zero-order valence-electron chi connectivity index (χ0n) is 13.3. The molecule has 0 aliphatic carbocycles. The van der Waals surface area contributed by atoms with Gasteiger partial charge < -0.3 is 5.32 Å². The molecular formula is C17H16FN5O. The van der Waals surface area contributed by atoms with Crippen LogP contribution in [-0.4, -0.2) is 25.7 Å². The van der Waals surface area contributed by atoms with Gasteiger partial charge in [0, 0.05) is 5.69 Å². The van der Waals surface area contributed by atoms with Gasteiger partial charge in [0.15, 0.2) is 0 Å². The summed E-state index contributed by atoms with van der Waals surface area (Å²) >= 11 is 0. The van der Waals surface area contributed by atoms with Crippen LogP contribution in [0.4, 0.5) is 10.1 Å². The Morgan fingerprint density at radius 3 is 2.54 bits per heavy atom. The van der Waals surface area contributed by atoms with Gasteiger partial charge in [-0.1, -0.05) is 18.2 Å². The molecule has 2 aromatic heterocycles. The number of rotatable bonds is 4. The van der Waals surface area contributed by atoms with Crippen molar-refractivity contribution in [3.63, 3.8) is 0 Å². The minimum atomic E-state index is -0.399. The minimum Gasteiger partial charge on any atom is -0.323 e. The molecule has 0 radical (unpaired) electrons. The van der Waals surface area contributed by atoms with Crippen molar-refractivity contribution < 1.29 is 9.18 Å². The summed E-state index contributed by atoms with van der Waals surface area (Å²) in [4.78, 5) is 20.4. The second kappa shape index (κ2) is 6.57. The number of nitrogens with one attached hydrogen (secondary N) is 1. The number of halogens is 1. The van der Waals surface area contributed by atoms with E-state index < -0.39 is 5.82 Å². The molecule has 1 N–H and O–H groups in total. The van der Waals surface area contributed by atoms with E-state index in [9.17, 15) is 9.18 Å². The van der Waals surface area contributed by atoms with E-state index in [1.54, 1.807) is 22.9 Å². The standard InChI is InChI=1S/C17H16FN5O/c1-11-7-12(2)23(22-11)17-19-9-14(10-20-17)21-16(24)8-13-5-3-4-6-15(13)18/h3-7,9-10H,8H2,1-2H3,(H,21,24). The van der Waals surface area contributed by atoms with Gasteiger partial charge in [0.1, 0.15) is 5.82 Å². The van der Waals surface area contributed by atoms with Crippen LogP contribution in [-0.2, 0) is 11.2 Å². The molecule has 3 rings (SSSR count). The van der Waals surface area contributed by atoms with Crippen LogP contribution in [0, 0.1) is 19.7 Å². The minimum absolute atomic E-state index is 0.0497. The Kier molecular flexibility index (Phi) is 4.33. The molecule has 7 heteroatoms. The summed E-state index contributed by atoms with van der Waals surface area (Å²) in [5.41, 5.74) is 2.58. The van der Waals surface area contributed by atoms with E-state index >= 15 is 0 Å². The van der Waals surface area contributed by atoms with Crippen LogP contribution in [0.25, 0.3) is 5.95 Å². The van der Waals surface area contributed by atoms with E-state index in [1.165, 1.54) is 18.5 Å². The zero-order chi connectivity index (χ0) is 17.1. The second-order valence-corrected chi connectivity index (χ2v) is 5.43. The maximum atomic E-state index is 13.6. The Morgan fingerprint density at radius 2 is 1.92 bits per heavy atom. The molecular weight excluding hydrogens is 309 g/mol. The molecule has 0 saturated heterocycles. The van der Waals surface area contributed by atoms with Crippen LogP contribution in [0.5, 0.6) is 0 Å². The fourth-order valence-corrected chi connectivity index (χ4v) is 2.35. The summed E-state index contributed by atoms with van der Waals surface area (Å²) in [5.74, 6) is -0.306. The third-order valence-corrected chi connectivity index (χ3v) is 3.43. The Labute approximate surface area is 138 Å². The van der Waals surface area contributed by atoms with Gasteiger partial charge in [0.2, 0.25) is 5.91 Å². The highest BCUT2D eigenvalue weighted by atomic mass is 19.1. The van der Waals surface area contributed by atoms with Crippen LogP contribution >= 0.6 is 0 Å². The molecule has 2 heterocycles. The molecule has 122 valence electrons. The van der Waals surface area contributed by atoms with Crippen LogP contribution < -0.4 is 5.32 Å². The van der Waals surface area contributed by atoms with E-state index in [-0.39, 0.29) is 12.3 Å². The van der Waals surface area contributed by atoms with Crippen LogP contribution in [0.3, 0.4) is 0 Å². The van der Waals surface area contributed by atoms with Crippen molar-refractivity contribution in [2.75, 3.05) is 5.32 Å². The van der Waals surface area contributed by atoms with Gasteiger partial charge in [0.25, 0.3) is 5.95 Å². The number of aromatic nitrogens is 4. The number of carbonyl (C=O) groups excluding carboxylic acids is 1. The highest BCUT2D eigenvalue weighted by Crippen LogP contribution is 2.11. The Hall–Kier alpha value is -3.09. The average molecular weight is 325 g/mol. The molecule has 1 aromatic carbocycles. The Morgan fingerprint density at radius 1 is 1.21 bits per heavy atom. The van der Waals surface area contributed by atoms with Crippen LogP contribution in [0.2, 0.25) is 0 Å². The summed E-state index contributed by atoms with van der Waals surface area (Å²) in [6.45, 7) is 3.80. The number of nitrogens with zero attached hydrogens (tertiary/aromatic N) is 4. The predicted octanol–water partition coefficient (Wildman–Crippen LogP) is 2.60. The first-order chi connectivity index (χ1) is 11.5.